The minimum absolute atomic E-state index is 0.0630. The van der Waals surface area contributed by atoms with E-state index in [1.807, 2.05) is 0 Å². The van der Waals surface area contributed by atoms with Gasteiger partial charge in [0.2, 0.25) is 0 Å². The van der Waals surface area contributed by atoms with Crippen LogP contribution in [-0.4, -0.2) is 37.2 Å². The van der Waals surface area contributed by atoms with Gasteiger partial charge in [-0.3, -0.25) is 14.4 Å². The molecule has 0 bridgehead atoms. The molecule has 0 fully saturated rings. The Morgan fingerprint density at radius 3 is 0.784 bits per heavy atom. The molecule has 0 N–H and O–H groups in total. The summed E-state index contributed by atoms with van der Waals surface area (Å²) in [5.41, 5.74) is 0. The fourth-order valence-corrected chi connectivity index (χ4v) is 6.68. The molecule has 0 unspecified atom stereocenters. The van der Waals surface area contributed by atoms with Gasteiger partial charge < -0.3 is 14.2 Å². The Balaban J connectivity index is 4.28. The number of carbonyl (C=O) groups excluding carboxylic acids is 3. The minimum Gasteiger partial charge on any atom is -0.462 e. The van der Waals surface area contributed by atoms with Gasteiger partial charge in [0.15, 0.2) is 6.10 Å². The molecule has 0 saturated heterocycles. The van der Waals surface area contributed by atoms with Crippen LogP contribution < -0.4 is 0 Å². The number of hydrogen-bond acceptors (Lipinski definition) is 6. The lowest BCUT2D eigenvalue weighted by Gasteiger charge is -2.18. The molecule has 0 aromatic carbocycles. The summed E-state index contributed by atoms with van der Waals surface area (Å²) in [5, 5.41) is 0. The minimum atomic E-state index is -0.756. The summed E-state index contributed by atoms with van der Waals surface area (Å²) in [7, 11) is 0. The van der Waals surface area contributed by atoms with E-state index >= 15 is 0 Å². The van der Waals surface area contributed by atoms with E-state index in [0.717, 1.165) is 57.8 Å². The average Bonchev–Trinajstić information content (AvgIpc) is 3.12. The molecule has 0 radical (unpaired) electrons. The maximum Gasteiger partial charge on any atom is 0.306 e. The molecule has 6 nitrogen and oxygen atoms in total. The van der Waals surface area contributed by atoms with Crippen molar-refractivity contribution >= 4 is 17.9 Å². The molecule has 0 heterocycles. The van der Waals surface area contributed by atoms with Gasteiger partial charge in [-0.2, -0.15) is 0 Å². The highest BCUT2D eigenvalue weighted by Crippen LogP contribution is 2.15. The Hall–Kier alpha value is -1.59. The van der Waals surface area contributed by atoms with Crippen molar-refractivity contribution in [3.8, 4) is 0 Å². The Morgan fingerprint density at radius 1 is 0.314 bits per heavy atom. The standard InChI is InChI=1S/C45H86O6/c1-4-7-10-13-16-19-21-22-23-24-27-29-32-35-38-44(47)50-41-42(51-45(48)39-36-33-30-25-18-15-12-9-6-3)40-49-43(46)37-34-31-28-26-20-17-14-11-8-5-2/h42H,4-41H2,1-3H3/t42-/m1/s1. The Bertz CT molecular complexity index is 753. The predicted molar refractivity (Wildman–Crippen MR) is 215 cm³/mol. The Labute approximate surface area is 317 Å². The molecule has 0 aliphatic rings. The van der Waals surface area contributed by atoms with E-state index < -0.39 is 6.10 Å². The van der Waals surface area contributed by atoms with Gasteiger partial charge >= 0.3 is 17.9 Å². The molecule has 0 aromatic rings. The molecule has 0 aromatic heterocycles. The van der Waals surface area contributed by atoms with E-state index in [9.17, 15) is 14.4 Å². The summed E-state index contributed by atoms with van der Waals surface area (Å²) >= 11 is 0. The monoisotopic (exact) mass is 723 g/mol. The Morgan fingerprint density at radius 2 is 0.529 bits per heavy atom. The first-order valence-corrected chi connectivity index (χ1v) is 22.5. The molecular weight excluding hydrogens is 636 g/mol. The third kappa shape index (κ3) is 39.5. The first-order chi connectivity index (χ1) is 25.0. The molecule has 51 heavy (non-hydrogen) atoms. The summed E-state index contributed by atoms with van der Waals surface area (Å²) in [6.07, 6.45) is 40.8. The summed E-state index contributed by atoms with van der Waals surface area (Å²) in [6.45, 7) is 6.62. The molecule has 0 rings (SSSR count). The molecule has 6 heteroatoms. The van der Waals surface area contributed by atoms with Crippen molar-refractivity contribution in [3.63, 3.8) is 0 Å². The van der Waals surface area contributed by atoms with Crippen molar-refractivity contribution in [1.82, 2.24) is 0 Å². The van der Waals surface area contributed by atoms with Crippen molar-refractivity contribution in [2.75, 3.05) is 13.2 Å². The normalized spacial score (nSPS) is 11.8. The predicted octanol–water partition coefficient (Wildman–Crippen LogP) is 14.1. The highest BCUT2D eigenvalue weighted by molar-refractivity contribution is 5.71. The first-order valence-electron chi connectivity index (χ1n) is 22.5. The fraction of sp³-hybridized carbons (Fsp3) is 0.933. The first kappa shape index (κ1) is 49.4. The zero-order valence-corrected chi connectivity index (χ0v) is 34.4. The van der Waals surface area contributed by atoms with Gasteiger partial charge in [0.25, 0.3) is 0 Å². The van der Waals surface area contributed by atoms with Gasteiger partial charge in [-0.15, -0.1) is 0 Å². The lowest BCUT2D eigenvalue weighted by Crippen LogP contribution is -2.30. The summed E-state index contributed by atoms with van der Waals surface area (Å²) in [4.78, 5) is 37.6. The number of hydrogen-bond donors (Lipinski definition) is 0. The highest BCUT2D eigenvalue weighted by Gasteiger charge is 2.19. The van der Waals surface area contributed by atoms with E-state index in [1.54, 1.807) is 0 Å². The van der Waals surface area contributed by atoms with Gasteiger partial charge in [0, 0.05) is 19.3 Å². The molecule has 0 amide bonds. The van der Waals surface area contributed by atoms with Crippen molar-refractivity contribution in [3.05, 3.63) is 0 Å². The lowest BCUT2D eigenvalue weighted by atomic mass is 10.0. The van der Waals surface area contributed by atoms with Gasteiger partial charge in [-0.05, 0) is 19.3 Å². The van der Waals surface area contributed by atoms with Crippen LogP contribution in [0, 0.1) is 0 Å². The number of rotatable bonds is 41. The highest BCUT2D eigenvalue weighted by atomic mass is 16.6. The molecular formula is C45H86O6. The summed E-state index contributed by atoms with van der Waals surface area (Å²) < 4.78 is 16.7. The van der Waals surface area contributed by atoms with Crippen LogP contribution in [0.4, 0.5) is 0 Å². The number of carbonyl (C=O) groups is 3. The molecule has 0 saturated carbocycles. The van der Waals surface area contributed by atoms with E-state index in [4.69, 9.17) is 14.2 Å². The topological polar surface area (TPSA) is 78.9 Å². The molecule has 0 aliphatic carbocycles. The van der Waals surface area contributed by atoms with Crippen molar-refractivity contribution in [1.29, 1.82) is 0 Å². The molecule has 1 atom stereocenters. The number of unbranched alkanes of at least 4 members (excludes halogenated alkanes) is 30. The second-order valence-electron chi connectivity index (χ2n) is 15.3. The van der Waals surface area contributed by atoms with Crippen LogP contribution in [0.1, 0.15) is 252 Å². The van der Waals surface area contributed by atoms with Gasteiger partial charge in [-0.1, -0.05) is 213 Å². The van der Waals surface area contributed by atoms with Crippen molar-refractivity contribution in [2.45, 2.75) is 258 Å². The van der Waals surface area contributed by atoms with Crippen molar-refractivity contribution < 1.29 is 28.6 Å². The van der Waals surface area contributed by atoms with Crippen LogP contribution in [0.2, 0.25) is 0 Å². The Kier molecular flexibility index (Phi) is 39.9. The molecule has 0 aliphatic heterocycles. The number of ether oxygens (including phenoxy) is 3. The fourth-order valence-electron chi connectivity index (χ4n) is 6.68. The van der Waals surface area contributed by atoms with Crippen LogP contribution in [-0.2, 0) is 28.6 Å². The van der Waals surface area contributed by atoms with Gasteiger partial charge in [0.05, 0.1) is 0 Å². The SMILES string of the molecule is CCCCCCCCCCCCCCCCC(=O)OC[C@@H](COC(=O)CCCCCCCCCCCC)OC(=O)CCCCCCCCCCC. The summed E-state index contributed by atoms with van der Waals surface area (Å²) in [6, 6.07) is 0. The lowest BCUT2D eigenvalue weighted by molar-refractivity contribution is -0.167. The smallest absolute Gasteiger partial charge is 0.306 e. The molecule has 0 spiro atoms. The quantitative estimate of drug-likeness (QED) is 0.0355. The van der Waals surface area contributed by atoms with Gasteiger partial charge in [-0.25, -0.2) is 0 Å². The van der Waals surface area contributed by atoms with Crippen molar-refractivity contribution in [2.24, 2.45) is 0 Å². The molecule has 302 valence electrons. The van der Waals surface area contributed by atoms with Crippen LogP contribution in [0.3, 0.4) is 0 Å². The summed E-state index contributed by atoms with van der Waals surface area (Å²) in [5.74, 6) is -0.856. The van der Waals surface area contributed by atoms with Crippen LogP contribution in [0.15, 0.2) is 0 Å². The van der Waals surface area contributed by atoms with Crippen LogP contribution in [0.5, 0.6) is 0 Å². The third-order valence-corrected chi connectivity index (χ3v) is 10.1. The maximum absolute atomic E-state index is 12.6. The zero-order chi connectivity index (χ0) is 37.3. The van der Waals surface area contributed by atoms with E-state index in [-0.39, 0.29) is 31.1 Å². The van der Waals surface area contributed by atoms with Crippen LogP contribution in [0.25, 0.3) is 0 Å². The number of esters is 3. The second kappa shape index (κ2) is 41.2. The maximum atomic E-state index is 12.6. The van der Waals surface area contributed by atoms with E-state index in [2.05, 4.69) is 20.8 Å². The average molecular weight is 723 g/mol. The third-order valence-electron chi connectivity index (χ3n) is 10.1. The van der Waals surface area contributed by atoms with E-state index in [0.29, 0.717) is 19.3 Å². The van der Waals surface area contributed by atoms with Crippen LogP contribution >= 0.6 is 0 Å². The van der Waals surface area contributed by atoms with E-state index in [1.165, 1.54) is 154 Å². The largest absolute Gasteiger partial charge is 0.462 e. The van der Waals surface area contributed by atoms with Gasteiger partial charge in [0.1, 0.15) is 13.2 Å². The second-order valence-corrected chi connectivity index (χ2v) is 15.3. The zero-order valence-electron chi connectivity index (χ0n) is 34.4.